The number of nitrogens with zero attached hydrogens (tertiary/aromatic N) is 2. The number of pyridine rings is 1. The monoisotopic (exact) mass is 372 g/mol. The molecule has 0 aliphatic heterocycles. The summed E-state index contributed by atoms with van der Waals surface area (Å²) in [7, 11) is 0. The lowest BCUT2D eigenvalue weighted by molar-refractivity contribution is 0.0466. The third-order valence-corrected chi connectivity index (χ3v) is 4.08. The van der Waals surface area contributed by atoms with E-state index in [1.54, 1.807) is 30.5 Å². The van der Waals surface area contributed by atoms with Crippen LogP contribution in [0.5, 0.6) is 0 Å². The van der Waals surface area contributed by atoms with Gasteiger partial charge in [0.1, 0.15) is 12.3 Å². The Morgan fingerprint density at radius 3 is 2.83 bits per heavy atom. The second-order valence-electron chi connectivity index (χ2n) is 5.03. The van der Waals surface area contributed by atoms with Gasteiger partial charge in [0.05, 0.1) is 11.3 Å². The Kier molecular flexibility index (Phi) is 4.25. The Labute approximate surface area is 140 Å². The Morgan fingerprint density at radius 2 is 2.04 bits per heavy atom. The van der Waals surface area contributed by atoms with E-state index < -0.39 is 5.97 Å². The third-order valence-electron chi connectivity index (χ3n) is 3.38. The van der Waals surface area contributed by atoms with E-state index in [2.05, 4.69) is 20.9 Å². The second kappa shape index (κ2) is 6.34. The van der Waals surface area contributed by atoms with Crippen molar-refractivity contribution in [3.8, 4) is 0 Å². The van der Waals surface area contributed by atoms with E-state index in [4.69, 9.17) is 4.74 Å². The van der Waals surface area contributed by atoms with Crippen molar-refractivity contribution in [2.75, 3.05) is 0 Å². The number of halogens is 1. The first-order valence-electron chi connectivity index (χ1n) is 6.96. The standard InChI is InChI=1S/C17H13BrN2O3/c1-11-5-4-8-20-15(21)9-12(19-16(11)20)10-23-17(22)13-6-2-3-7-14(13)18/h2-9H,10H2,1H3. The van der Waals surface area contributed by atoms with E-state index in [-0.39, 0.29) is 12.2 Å². The lowest BCUT2D eigenvalue weighted by Crippen LogP contribution is -2.17. The van der Waals surface area contributed by atoms with Crippen LogP contribution < -0.4 is 5.56 Å². The number of rotatable bonds is 3. The summed E-state index contributed by atoms with van der Waals surface area (Å²) in [5, 5.41) is 0. The zero-order valence-corrected chi connectivity index (χ0v) is 13.9. The first kappa shape index (κ1) is 15.4. The maximum Gasteiger partial charge on any atom is 0.339 e. The minimum Gasteiger partial charge on any atom is -0.456 e. The summed E-state index contributed by atoms with van der Waals surface area (Å²) < 4.78 is 7.39. The van der Waals surface area contributed by atoms with Crippen molar-refractivity contribution in [1.29, 1.82) is 0 Å². The molecular formula is C17H13BrN2O3. The minimum absolute atomic E-state index is 0.0553. The van der Waals surface area contributed by atoms with Crippen molar-refractivity contribution in [2.24, 2.45) is 0 Å². The van der Waals surface area contributed by atoms with Crippen LogP contribution in [-0.2, 0) is 11.3 Å². The summed E-state index contributed by atoms with van der Waals surface area (Å²) in [6.45, 7) is 1.82. The van der Waals surface area contributed by atoms with Crippen molar-refractivity contribution in [2.45, 2.75) is 13.5 Å². The second-order valence-corrected chi connectivity index (χ2v) is 5.88. The summed E-state index contributed by atoms with van der Waals surface area (Å²) in [4.78, 5) is 28.6. The molecule has 0 bridgehead atoms. The molecule has 0 amide bonds. The lowest BCUT2D eigenvalue weighted by Gasteiger charge is -2.08. The van der Waals surface area contributed by atoms with Crippen LogP contribution in [-0.4, -0.2) is 15.4 Å². The van der Waals surface area contributed by atoms with Crippen LogP contribution in [0.15, 0.2) is 57.9 Å². The average molecular weight is 373 g/mol. The summed E-state index contributed by atoms with van der Waals surface area (Å²) in [5.74, 6) is -0.468. The number of carbonyl (C=O) groups is 1. The van der Waals surface area contributed by atoms with Crippen LogP contribution in [0.4, 0.5) is 0 Å². The number of aromatic nitrogens is 2. The molecule has 3 rings (SSSR count). The van der Waals surface area contributed by atoms with Gasteiger partial charge < -0.3 is 4.74 Å². The minimum atomic E-state index is -0.468. The van der Waals surface area contributed by atoms with Crippen molar-refractivity contribution in [3.05, 3.63) is 80.3 Å². The number of hydrogen-bond acceptors (Lipinski definition) is 4. The number of hydrogen-bond donors (Lipinski definition) is 0. The molecule has 23 heavy (non-hydrogen) atoms. The van der Waals surface area contributed by atoms with Crippen LogP contribution in [0.1, 0.15) is 21.6 Å². The fourth-order valence-electron chi connectivity index (χ4n) is 2.23. The number of fused-ring (bicyclic) bond motifs is 1. The molecule has 2 heterocycles. The third kappa shape index (κ3) is 3.17. The maximum absolute atomic E-state index is 12.1. The van der Waals surface area contributed by atoms with Gasteiger partial charge in [0.25, 0.3) is 5.56 Å². The molecular weight excluding hydrogens is 360 g/mol. The topological polar surface area (TPSA) is 60.7 Å². The van der Waals surface area contributed by atoms with Gasteiger partial charge in [0.2, 0.25) is 0 Å². The Bertz CT molecular complexity index is 950. The van der Waals surface area contributed by atoms with Gasteiger partial charge in [-0.15, -0.1) is 0 Å². The highest BCUT2D eigenvalue weighted by molar-refractivity contribution is 9.10. The predicted molar refractivity (Wildman–Crippen MR) is 89.5 cm³/mol. The molecule has 0 atom stereocenters. The zero-order chi connectivity index (χ0) is 16.4. The van der Waals surface area contributed by atoms with E-state index in [1.807, 2.05) is 19.1 Å². The van der Waals surface area contributed by atoms with E-state index >= 15 is 0 Å². The van der Waals surface area contributed by atoms with Gasteiger partial charge in [-0.25, -0.2) is 9.78 Å². The molecule has 0 saturated heterocycles. The molecule has 116 valence electrons. The molecule has 2 aromatic heterocycles. The Hall–Kier alpha value is -2.47. The van der Waals surface area contributed by atoms with E-state index in [9.17, 15) is 9.59 Å². The normalized spacial score (nSPS) is 10.7. The molecule has 5 nitrogen and oxygen atoms in total. The Balaban J connectivity index is 1.85. The summed E-state index contributed by atoms with van der Waals surface area (Å²) >= 11 is 3.31. The van der Waals surface area contributed by atoms with E-state index in [0.29, 0.717) is 21.4 Å². The highest BCUT2D eigenvalue weighted by atomic mass is 79.9. The lowest BCUT2D eigenvalue weighted by atomic mass is 10.2. The largest absolute Gasteiger partial charge is 0.456 e. The van der Waals surface area contributed by atoms with Crippen molar-refractivity contribution >= 4 is 27.5 Å². The summed E-state index contributed by atoms with van der Waals surface area (Å²) in [6, 6.07) is 12.0. The fraction of sp³-hybridized carbons (Fsp3) is 0.118. The van der Waals surface area contributed by atoms with E-state index in [0.717, 1.165) is 5.56 Å². The van der Waals surface area contributed by atoms with Gasteiger partial charge in [0.15, 0.2) is 0 Å². The quantitative estimate of drug-likeness (QED) is 0.662. The smallest absolute Gasteiger partial charge is 0.339 e. The average Bonchev–Trinajstić information content (AvgIpc) is 2.54. The number of benzene rings is 1. The molecule has 0 N–H and O–H groups in total. The molecule has 0 aliphatic carbocycles. The molecule has 0 aliphatic rings. The van der Waals surface area contributed by atoms with Crippen LogP contribution in [0.3, 0.4) is 0 Å². The fourth-order valence-corrected chi connectivity index (χ4v) is 2.67. The van der Waals surface area contributed by atoms with Gasteiger partial charge in [-0.2, -0.15) is 0 Å². The first-order chi connectivity index (χ1) is 11.1. The number of aryl methyl sites for hydroxylation is 1. The van der Waals surface area contributed by atoms with Crippen LogP contribution in [0.2, 0.25) is 0 Å². The summed E-state index contributed by atoms with van der Waals surface area (Å²) in [6.07, 6.45) is 1.66. The zero-order valence-electron chi connectivity index (χ0n) is 12.3. The van der Waals surface area contributed by atoms with Crippen molar-refractivity contribution in [3.63, 3.8) is 0 Å². The van der Waals surface area contributed by atoms with Gasteiger partial charge in [-0.1, -0.05) is 18.2 Å². The van der Waals surface area contributed by atoms with Crippen LogP contribution in [0.25, 0.3) is 5.65 Å². The molecule has 6 heteroatoms. The van der Waals surface area contributed by atoms with E-state index in [1.165, 1.54) is 10.5 Å². The molecule has 3 aromatic rings. The van der Waals surface area contributed by atoms with Crippen LogP contribution in [0, 0.1) is 6.92 Å². The van der Waals surface area contributed by atoms with Crippen molar-refractivity contribution in [1.82, 2.24) is 9.38 Å². The molecule has 0 fully saturated rings. The molecule has 0 saturated carbocycles. The molecule has 1 aromatic carbocycles. The Morgan fingerprint density at radius 1 is 1.26 bits per heavy atom. The molecule has 0 radical (unpaired) electrons. The number of ether oxygens (including phenoxy) is 1. The van der Waals surface area contributed by atoms with Crippen molar-refractivity contribution < 1.29 is 9.53 Å². The maximum atomic E-state index is 12.1. The highest BCUT2D eigenvalue weighted by Gasteiger charge is 2.12. The van der Waals surface area contributed by atoms with Gasteiger partial charge >= 0.3 is 5.97 Å². The molecule has 0 unspecified atom stereocenters. The highest BCUT2D eigenvalue weighted by Crippen LogP contribution is 2.17. The summed E-state index contributed by atoms with van der Waals surface area (Å²) in [5.41, 5.74) is 2.09. The molecule has 0 spiro atoms. The van der Waals surface area contributed by atoms with Crippen LogP contribution >= 0.6 is 15.9 Å². The van der Waals surface area contributed by atoms with Gasteiger partial charge in [-0.3, -0.25) is 9.20 Å². The SMILES string of the molecule is Cc1cccn2c(=O)cc(COC(=O)c3ccccc3Br)nc12. The first-order valence-corrected chi connectivity index (χ1v) is 7.75. The predicted octanol–water partition coefficient (Wildman–Crippen LogP) is 3.12. The number of carbonyl (C=O) groups excluding carboxylic acids is 1. The van der Waals surface area contributed by atoms with Gasteiger partial charge in [-0.05, 0) is 46.6 Å². The number of esters is 1. The van der Waals surface area contributed by atoms with Gasteiger partial charge in [0, 0.05) is 16.7 Å².